The average molecular weight is 236 g/mol. The summed E-state index contributed by atoms with van der Waals surface area (Å²) in [5, 5.41) is 9.80. The van der Waals surface area contributed by atoms with Crippen molar-refractivity contribution in [2.75, 3.05) is 5.75 Å². The molecule has 0 bridgehead atoms. The lowest BCUT2D eigenvalue weighted by Gasteiger charge is -2.11. The Kier molecular flexibility index (Phi) is 4.48. The summed E-state index contributed by atoms with van der Waals surface area (Å²) >= 11 is 1.82. The van der Waals surface area contributed by atoms with Crippen LogP contribution in [0.25, 0.3) is 0 Å². The Morgan fingerprint density at radius 2 is 1.88 bits per heavy atom. The number of hydrogen-bond acceptors (Lipinski definition) is 2. The molecule has 0 aliphatic rings. The van der Waals surface area contributed by atoms with Gasteiger partial charge in [-0.3, -0.25) is 0 Å². The van der Waals surface area contributed by atoms with Crippen LogP contribution in [0.3, 0.4) is 0 Å². The average Bonchev–Trinajstić information content (AvgIpc) is 2.22. The van der Waals surface area contributed by atoms with Gasteiger partial charge in [0.05, 0.1) is 0 Å². The highest BCUT2D eigenvalue weighted by Crippen LogP contribution is 2.33. The lowest BCUT2D eigenvalue weighted by atomic mass is 10.1. The van der Waals surface area contributed by atoms with E-state index < -0.39 is 0 Å². The fourth-order valence-electron chi connectivity index (χ4n) is 1.48. The fourth-order valence-corrected chi connectivity index (χ4v) is 2.71. The smallest absolute Gasteiger partial charge is 0.121 e. The van der Waals surface area contributed by atoms with E-state index in [0.29, 0.717) is 5.75 Å². The van der Waals surface area contributed by atoms with E-state index in [0.717, 1.165) is 16.9 Å². The van der Waals surface area contributed by atoms with Crippen LogP contribution in [0, 0.1) is 20.8 Å². The third kappa shape index (κ3) is 3.05. The summed E-state index contributed by atoms with van der Waals surface area (Å²) in [6.45, 7) is 10.2. The Balaban J connectivity index is 2.93. The normalized spacial score (nSPS) is 10.3. The zero-order valence-electron chi connectivity index (χ0n) is 10.7. The molecule has 0 unspecified atom stereocenters. The standard InChI is InChI=1S/C14H20OS/c1-9(2)6-7-16-13-8-10(3)14(15)12(5)11(13)4/h6,8,15H,7H2,1-5H3. The molecule has 1 aromatic carbocycles. The molecule has 0 aliphatic carbocycles. The zero-order chi connectivity index (χ0) is 12.3. The predicted molar refractivity (Wildman–Crippen MR) is 72.5 cm³/mol. The second kappa shape index (κ2) is 5.44. The van der Waals surface area contributed by atoms with Gasteiger partial charge in [-0.2, -0.15) is 0 Å². The Morgan fingerprint density at radius 1 is 1.25 bits per heavy atom. The van der Waals surface area contributed by atoms with Crippen molar-refractivity contribution >= 4 is 11.8 Å². The monoisotopic (exact) mass is 236 g/mol. The number of thioether (sulfide) groups is 1. The summed E-state index contributed by atoms with van der Waals surface area (Å²) < 4.78 is 0. The van der Waals surface area contributed by atoms with E-state index in [1.807, 2.05) is 25.6 Å². The highest BCUT2D eigenvalue weighted by atomic mass is 32.2. The largest absolute Gasteiger partial charge is 0.507 e. The van der Waals surface area contributed by atoms with E-state index in [9.17, 15) is 5.11 Å². The van der Waals surface area contributed by atoms with E-state index in [-0.39, 0.29) is 0 Å². The molecular formula is C14H20OS. The lowest BCUT2D eigenvalue weighted by molar-refractivity contribution is 0.465. The molecule has 1 N–H and O–H groups in total. The first-order chi connectivity index (χ1) is 7.43. The second-order valence-corrected chi connectivity index (χ2v) is 5.44. The molecule has 0 atom stereocenters. The van der Waals surface area contributed by atoms with Gasteiger partial charge in [-0.05, 0) is 57.4 Å². The minimum Gasteiger partial charge on any atom is -0.507 e. The molecule has 0 aromatic heterocycles. The SMILES string of the molecule is CC(C)=CCSc1cc(C)c(O)c(C)c1C. The third-order valence-electron chi connectivity index (χ3n) is 2.74. The van der Waals surface area contributed by atoms with Crippen LogP contribution in [0.4, 0.5) is 0 Å². The maximum Gasteiger partial charge on any atom is 0.121 e. The van der Waals surface area contributed by atoms with Crippen LogP contribution < -0.4 is 0 Å². The lowest BCUT2D eigenvalue weighted by Crippen LogP contribution is -1.90. The number of allylic oxidation sites excluding steroid dienone is 1. The quantitative estimate of drug-likeness (QED) is 0.621. The van der Waals surface area contributed by atoms with E-state index in [2.05, 4.69) is 32.9 Å². The van der Waals surface area contributed by atoms with Crippen LogP contribution in [0.2, 0.25) is 0 Å². The first-order valence-electron chi connectivity index (χ1n) is 5.49. The molecule has 0 saturated heterocycles. The van der Waals surface area contributed by atoms with E-state index in [1.165, 1.54) is 16.0 Å². The number of phenols is 1. The second-order valence-electron chi connectivity index (χ2n) is 4.38. The van der Waals surface area contributed by atoms with Crippen molar-refractivity contribution in [3.05, 3.63) is 34.4 Å². The fraction of sp³-hybridized carbons (Fsp3) is 0.429. The van der Waals surface area contributed by atoms with E-state index in [4.69, 9.17) is 0 Å². The first kappa shape index (κ1) is 13.2. The van der Waals surface area contributed by atoms with Crippen LogP contribution >= 0.6 is 11.8 Å². The Labute approximate surface area is 103 Å². The molecule has 1 rings (SSSR count). The molecule has 0 amide bonds. The number of aryl methyl sites for hydroxylation is 1. The van der Waals surface area contributed by atoms with Gasteiger partial charge < -0.3 is 5.11 Å². The van der Waals surface area contributed by atoms with Crippen molar-refractivity contribution in [1.82, 2.24) is 0 Å². The summed E-state index contributed by atoms with van der Waals surface area (Å²) in [6.07, 6.45) is 2.22. The number of hydrogen-bond donors (Lipinski definition) is 1. The summed E-state index contributed by atoms with van der Waals surface area (Å²) in [5.41, 5.74) is 4.50. The van der Waals surface area contributed by atoms with Gasteiger partial charge in [-0.25, -0.2) is 0 Å². The van der Waals surface area contributed by atoms with Gasteiger partial charge in [0.2, 0.25) is 0 Å². The van der Waals surface area contributed by atoms with Crippen molar-refractivity contribution in [3.63, 3.8) is 0 Å². The van der Waals surface area contributed by atoms with E-state index in [1.54, 1.807) is 0 Å². The Morgan fingerprint density at radius 3 is 2.44 bits per heavy atom. The summed E-state index contributed by atoms with van der Waals surface area (Å²) in [5.74, 6) is 1.43. The van der Waals surface area contributed by atoms with Crippen molar-refractivity contribution in [3.8, 4) is 5.75 Å². The highest BCUT2D eigenvalue weighted by Gasteiger charge is 2.08. The van der Waals surface area contributed by atoms with Crippen LogP contribution in [-0.2, 0) is 0 Å². The van der Waals surface area contributed by atoms with Crippen molar-refractivity contribution < 1.29 is 5.11 Å². The Bertz CT molecular complexity index is 415. The highest BCUT2D eigenvalue weighted by molar-refractivity contribution is 7.99. The topological polar surface area (TPSA) is 20.2 Å². The molecule has 0 spiro atoms. The predicted octanol–water partition coefficient (Wildman–Crippen LogP) is 4.38. The van der Waals surface area contributed by atoms with Gasteiger partial charge in [-0.1, -0.05) is 11.6 Å². The molecule has 0 heterocycles. The Hall–Kier alpha value is -0.890. The third-order valence-corrected chi connectivity index (χ3v) is 3.81. The van der Waals surface area contributed by atoms with Gasteiger partial charge >= 0.3 is 0 Å². The molecule has 2 heteroatoms. The summed E-state index contributed by atoms with van der Waals surface area (Å²) in [4.78, 5) is 1.27. The molecular weight excluding hydrogens is 216 g/mol. The number of phenolic OH excluding ortho intramolecular Hbond substituents is 1. The van der Waals surface area contributed by atoms with Gasteiger partial charge in [-0.15, -0.1) is 11.8 Å². The maximum atomic E-state index is 9.80. The van der Waals surface area contributed by atoms with Gasteiger partial charge in [0.15, 0.2) is 0 Å². The molecule has 1 aromatic rings. The van der Waals surface area contributed by atoms with Crippen LogP contribution in [-0.4, -0.2) is 10.9 Å². The van der Waals surface area contributed by atoms with Gasteiger partial charge in [0, 0.05) is 10.6 Å². The molecule has 0 radical (unpaired) electrons. The number of rotatable bonds is 3. The molecule has 88 valence electrons. The van der Waals surface area contributed by atoms with Crippen LogP contribution in [0.15, 0.2) is 22.6 Å². The molecule has 0 fully saturated rings. The first-order valence-corrected chi connectivity index (χ1v) is 6.48. The van der Waals surface area contributed by atoms with Gasteiger partial charge in [0.25, 0.3) is 0 Å². The molecule has 16 heavy (non-hydrogen) atoms. The summed E-state index contributed by atoms with van der Waals surface area (Å²) in [7, 11) is 0. The molecule has 0 saturated carbocycles. The minimum absolute atomic E-state index is 0.434. The molecule has 0 aliphatic heterocycles. The van der Waals surface area contributed by atoms with Crippen LogP contribution in [0.5, 0.6) is 5.75 Å². The van der Waals surface area contributed by atoms with Gasteiger partial charge in [0.1, 0.15) is 5.75 Å². The zero-order valence-corrected chi connectivity index (χ0v) is 11.5. The minimum atomic E-state index is 0.434. The van der Waals surface area contributed by atoms with Crippen LogP contribution in [0.1, 0.15) is 30.5 Å². The molecule has 1 nitrogen and oxygen atoms in total. The van der Waals surface area contributed by atoms with E-state index >= 15 is 0 Å². The summed E-state index contributed by atoms with van der Waals surface area (Å²) in [6, 6.07) is 2.07. The van der Waals surface area contributed by atoms with Crippen molar-refractivity contribution in [2.24, 2.45) is 0 Å². The van der Waals surface area contributed by atoms with Crippen molar-refractivity contribution in [1.29, 1.82) is 0 Å². The maximum absolute atomic E-state index is 9.80. The number of aromatic hydroxyl groups is 1. The van der Waals surface area contributed by atoms with Crippen molar-refractivity contribution in [2.45, 2.75) is 39.5 Å². The number of benzene rings is 1.